The lowest BCUT2D eigenvalue weighted by Gasteiger charge is -2.20. The molecule has 0 saturated carbocycles. The van der Waals surface area contributed by atoms with Crippen LogP contribution < -0.4 is 20.3 Å². The lowest BCUT2D eigenvalue weighted by Crippen LogP contribution is -2.29. The van der Waals surface area contributed by atoms with E-state index in [1.807, 2.05) is 6.92 Å². The summed E-state index contributed by atoms with van der Waals surface area (Å²) in [5.74, 6) is 0.449. The van der Waals surface area contributed by atoms with Crippen molar-refractivity contribution in [1.82, 2.24) is 4.98 Å². The molecular weight excluding hydrogens is 336 g/mol. The van der Waals surface area contributed by atoms with Crippen LogP contribution in [0.25, 0.3) is 0 Å². The molecule has 2 N–H and O–H groups in total. The van der Waals surface area contributed by atoms with Crippen LogP contribution in [0.2, 0.25) is 0 Å². The molecule has 7 heteroatoms. The smallest absolute Gasteiger partial charge is 0.261 e. The third kappa shape index (κ3) is 3.33. The number of ether oxygens (including phenoxy) is 2. The number of carbonyl (C=O) groups excluding carboxylic acids is 2. The van der Waals surface area contributed by atoms with Crippen LogP contribution >= 0.6 is 0 Å². The van der Waals surface area contributed by atoms with Gasteiger partial charge in [-0.05, 0) is 30.5 Å². The van der Waals surface area contributed by atoms with E-state index in [0.29, 0.717) is 41.3 Å². The first kappa shape index (κ1) is 17.7. The first-order chi connectivity index (χ1) is 12.4. The molecule has 1 heterocycles. The molecule has 0 saturated heterocycles. The largest absolute Gasteiger partial charge is 0.497 e. The quantitative estimate of drug-likeness (QED) is 0.877. The van der Waals surface area contributed by atoms with E-state index in [-0.39, 0.29) is 17.3 Å². The van der Waals surface area contributed by atoms with Crippen LogP contribution in [0.5, 0.6) is 11.5 Å². The molecule has 0 aliphatic heterocycles. The van der Waals surface area contributed by atoms with Crippen molar-refractivity contribution in [2.24, 2.45) is 5.92 Å². The maximum atomic E-state index is 12.6. The molecule has 7 nitrogen and oxygen atoms in total. The summed E-state index contributed by atoms with van der Waals surface area (Å²) in [6.45, 7) is 1.95. The molecule has 1 aliphatic rings. The number of aromatic amines is 1. The van der Waals surface area contributed by atoms with Gasteiger partial charge in [0.25, 0.3) is 11.5 Å². The lowest BCUT2D eigenvalue weighted by molar-refractivity contribution is 0.0952. The Kier molecular flexibility index (Phi) is 4.79. The average molecular weight is 356 g/mol. The highest BCUT2D eigenvalue weighted by molar-refractivity contribution is 6.07. The van der Waals surface area contributed by atoms with Gasteiger partial charge < -0.3 is 19.8 Å². The number of pyridine rings is 1. The average Bonchev–Trinajstić information content (AvgIpc) is 2.60. The van der Waals surface area contributed by atoms with Crippen molar-refractivity contribution in [2.75, 3.05) is 19.5 Å². The molecule has 1 aliphatic carbocycles. The third-order valence-corrected chi connectivity index (χ3v) is 4.41. The highest BCUT2D eigenvalue weighted by atomic mass is 16.5. The molecule has 1 aromatic heterocycles. The summed E-state index contributed by atoms with van der Waals surface area (Å²) in [5, 5.41) is 2.65. The van der Waals surface area contributed by atoms with Crippen molar-refractivity contribution in [1.29, 1.82) is 0 Å². The van der Waals surface area contributed by atoms with Gasteiger partial charge in [0.1, 0.15) is 17.1 Å². The van der Waals surface area contributed by atoms with Crippen molar-refractivity contribution in [3.05, 3.63) is 51.4 Å². The van der Waals surface area contributed by atoms with Gasteiger partial charge in [-0.3, -0.25) is 14.4 Å². The number of nitrogens with one attached hydrogen (secondary N) is 2. The highest BCUT2D eigenvalue weighted by Gasteiger charge is 2.26. The van der Waals surface area contributed by atoms with Gasteiger partial charge in [-0.25, -0.2) is 0 Å². The van der Waals surface area contributed by atoms with Gasteiger partial charge in [0.15, 0.2) is 5.78 Å². The zero-order valence-electron chi connectivity index (χ0n) is 14.8. The fraction of sp³-hybridized carbons (Fsp3) is 0.316. The first-order valence-corrected chi connectivity index (χ1v) is 8.25. The number of hydrogen-bond donors (Lipinski definition) is 2. The molecule has 26 heavy (non-hydrogen) atoms. The Morgan fingerprint density at radius 3 is 2.62 bits per heavy atom. The maximum absolute atomic E-state index is 12.6. The Morgan fingerprint density at radius 1 is 1.15 bits per heavy atom. The zero-order valence-corrected chi connectivity index (χ0v) is 14.8. The Hall–Kier alpha value is -3.09. The van der Waals surface area contributed by atoms with Gasteiger partial charge in [-0.2, -0.15) is 0 Å². The minimum absolute atomic E-state index is 0.0667. The van der Waals surface area contributed by atoms with E-state index >= 15 is 0 Å². The van der Waals surface area contributed by atoms with Gasteiger partial charge >= 0.3 is 0 Å². The number of amides is 1. The minimum Gasteiger partial charge on any atom is -0.497 e. The highest BCUT2D eigenvalue weighted by Crippen LogP contribution is 2.29. The number of hydrogen-bond acceptors (Lipinski definition) is 5. The number of benzene rings is 1. The van der Waals surface area contributed by atoms with Crippen molar-refractivity contribution in [2.45, 2.75) is 19.8 Å². The maximum Gasteiger partial charge on any atom is 0.261 e. The summed E-state index contributed by atoms with van der Waals surface area (Å²) >= 11 is 0. The monoisotopic (exact) mass is 356 g/mol. The summed E-state index contributed by atoms with van der Waals surface area (Å²) in [6.07, 6.45) is 1.02. The predicted molar refractivity (Wildman–Crippen MR) is 96.4 cm³/mol. The molecule has 0 radical (unpaired) electrons. The Morgan fingerprint density at radius 2 is 1.92 bits per heavy atom. The number of Topliss-reactive ketones (excluding diaryl/α,β-unsaturated/α-hetero) is 1. The summed E-state index contributed by atoms with van der Waals surface area (Å²) in [5.41, 5.74) is 0.732. The molecular formula is C19H20N2O5. The van der Waals surface area contributed by atoms with Crippen LogP contribution in [0.1, 0.15) is 39.8 Å². The number of carbonyl (C=O) groups is 2. The van der Waals surface area contributed by atoms with Gasteiger partial charge in [0, 0.05) is 23.7 Å². The van der Waals surface area contributed by atoms with E-state index < -0.39 is 11.5 Å². The Balaban J connectivity index is 1.95. The van der Waals surface area contributed by atoms with Crippen molar-refractivity contribution >= 4 is 17.4 Å². The summed E-state index contributed by atoms with van der Waals surface area (Å²) < 4.78 is 10.4. The second-order valence-electron chi connectivity index (χ2n) is 6.36. The fourth-order valence-corrected chi connectivity index (χ4v) is 3.10. The topological polar surface area (TPSA) is 97.5 Å². The first-order valence-electron chi connectivity index (χ1n) is 8.25. The van der Waals surface area contributed by atoms with Crippen LogP contribution in [0, 0.1) is 5.92 Å². The van der Waals surface area contributed by atoms with E-state index in [1.165, 1.54) is 20.3 Å². The summed E-state index contributed by atoms with van der Waals surface area (Å²) in [6, 6.07) is 6.32. The van der Waals surface area contributed by atoms with Crippen LogP contribution in [0.4, 0.5) is 5.69 Å². The molecule has 0 bridgehead atoms. The van der Waals surface area contributed by atoms with E-state index in [1.54, 1.807) is 18.2 Å². The molecule has 3 rings (SSSR count). The summed E-state index contributed by atoms with van der Waals surface area (Å²) in [7, 11) is 2.98. The van der Waals surface area contributed by atoms with E-state index in [2.05, 4.69) is 10.3 Å². The number of H-pyrrole nitrogens is 1. The Bertz CT molecular complexity index is 932. The number of aromatic nitrogens is 1. The van der Waals surface area contributed by atoms with Crippen LogP contribution in [-0.2, 0) is 6.42 Å². The molecule has 2 aromatic rings. The second kappa shape index (κ2) is 7.03. The normalized spacial score (nSPS) is 16.0. The number of rotatable bonds is 4. The van der Waals surface area contributed by atoms with Crippen molar-refractivity contribution in [3.8, 4) is 11.5 Å². The SMILES string of the molecule is COc1ccc(OC)c(NC(=O)c2cc3c([nH]c2=O)CC(C)CC3=O)c1. The molecule has 1 unspecified atom stereocenters. The molecule has 1 amide bonds. The molecule has 136 valence electrons. The zero-order chi connectivity index (χ0) is 18.8. The Labute approximate surface area is 150 Å². The van der Waals surface area contributed by atoms with Gasteiger partial charge in [-0.1, -0.05) is 6.92 Å². The summed E-state index contributed by atoms with van der Waals surface area (Å²) in [4.78, 5) is 39.9. The van der Waals surface area contributed by atoms with E-state index in [0.717, 1.165) is 0 Å². The van der Waals surface area contributed by atoms with Gasteiger partial charge in [0.05, 0.1) is 19.9 Å². The second-order valence-corrected chi connectivity index (χ2v) is 6.36. The third-order valence-electron chi connectivity index (χ3n) is 4.41. The number of ketones is 1. The predicted octanol–water partition coefficient (Wildman–Crippen LogP) is 2.41. The van der Waals surface area contributed by atoms with Gasteiger partial charge in [-0.15, -0.1) is 0 Å². The molecule has 1 aromatic carbocycles. The molecule has 0 spiro atoms. The standard InChI is InChI=1S/C19H20N2O5/c1-10-6-14-12(16(22)7-10)9-13(18(23)20-14)19(24)21-15-8-11(25-2)4-5-17(15)26-3/h4-5,8-10H,6-7H2,1-3H3,(H,20,23)(H,21,24). The van der Waals surface area contributed by atoms with E-state index in [4.69, 9.17) is 9.47 Å². The van der Waals surface area contributed by atoms with Crippen molar-refractivity contribution < 1.29 is 19.1 Å². The fourth-order valence-electron chi connectivity index (χ4n) is 3.10. The number of anilines is 1. The lowest BCUT2D eigenvalue weighted by atomic mass is 9.86. The van der Waals surface area contributed by atoms with Crippen LogP contribution in [-0.4, -0.2) is 30.9 Å². The number of fused-ring (bicyclic) bond motifs is 1. The van der Waals surface area contributed by atoms with Crippen LogP contribution in [0.15, 0.2) is 29.1 Å². The number of methoxy groups -OCH3 is 2. The van der Waals surface area contributed by atoms with Crippen LogP contribution in [0.3, 0.4) is 0 Å². The molecule has 0 fully saturated rings. The minimum atomic E-state index is -0.618. The van der Waals surface area contributed by atoms with Crippen molar-refractivity contribution in [3.63, 3.8) is 0 Å². The van der Waals surface area contributed by atoms with E-state index in [9.17, 15) is 14.4 Å². The van der Waals surface area contributed by atoms with Gasteiger partial charge in [0.2, 0.25) is 0 Å². The molecule has 1 atom stereocenters.